The van der Waals surface area contributed by atoms with Crippen molar-refractivity contribution in [1.29, 1.82) is 0 Å². The summed E-state index contributed by atoms with van der Waals surface area (Å²) in [7, 11) is 3.36. The highest BCUT2D eigenvalue weighted by atomic mass is 16.6. The highest BCUT2D eigenvalue weighted by Gasteiger charge is 2.25. The third-order valence-electron chi connectivity index (χ3n) is 4.93. The Kier molecular flexibility index (Phi) is 5.71. The van der Waals surface area contributed by atoms with Crippen molar-refractivity contribution in [2.24, 2.45) is 0 Å². The van der Waals surface area contributed by atoms with Gasteiger partial charge in [-0.3, -0.25) is 19.8 Å². The number of rotatable bonds is 6. The summed E-state index contributed by atoms with van der Waals surface area (Å²) in [6.07, 6.45) is 3.19. The Labute approximate surface area is 158 Å². The largest absolute Gasteiger partial charge is 0.494 e. The molecule has 0 aliphatic heterocycles. The first-order valence-electron chi connectivity index (χ1n) is 8.90. The molecule has 0 radical (unpaired) electrons. The van der Waals surface area contributed by atoms with E-state index in [2.05, 4.69) is 23.5 Å². The number of methoxy groups -OCH3 is 1. The van der Waals surface area contributed by atoms with Crippen LogP contribution in [-0.4, -0.2) is 36.4 Å². The Morgan fingerprint density at radius 2 is 2.11 bits per heavy atom. The summed E-state index contributed by atoms with van der Waals surface area (Å²) in [6, 6.07) is 12.7. The lowest BCUT2D eigenvalue weighted by Gasteiger charge is -2.32. The minimum absolute atomic E-state index is 0.0826. The van der Waals surface area contributed by atoms with Gasteiger partial charge in [-0.15, -0.1) is 0 Å². The fourth-order valence-corrected chi connectivity index (χ4v) is 3.61. The van der Waals surface area contributed by atoms with Crippen LogP contribution in [0.3, 0.4) is 0 Å². The molecule has 7 heteroatoms. The normalized spacial score (nSPS) is 15.9. The topological polar surface area (TPSA) is 84.7 Å². The van der Waals surface area contributed by atoms with E-state index in [-0.39, 0.29) is 29.9 Å². The van der Waals surface area contributed by atoms with Crippen LogP contribution in [-0.2, 0) is 11.2 Å². The molecular formula is C20H23N3O4. The van der Waals surface area contributed by atoms with Gasteiger partial charge < -0.3 is 10.1 Å². The number of nitrogens with zero attached hydrogens (tertiary/aromatic N) is 2. The van der Waals surface area contributed by atoms with Gasteiger partial charge in [-0.05, 0) is 43.5 Å². The third-order valence-corrected chi connectivity index (χ3v) is 4.93. The smallest absolute Gasteiger partial charge is 0.273 e. The van der Waals surface area contributed by atoms with Crippen LogP contribution in [0.15, 0.2) is 42.5 Å². The van der Waals surface area contributed by atoms with E-state index in [4.69, 9.17) is 4.74 Å². The number of nitro benzene ring substituents is 1. The highest BCUT2D eigenvalue weighted by molar-refractivity contribution is 5.94. The van der Waals surface area contributed by atoms with E-state index in [1.165, 1.54) is 36.4 Å². The first-order valence-corrected chi connectivity index (χ1v) is 8.90. The van der Waals surface area contributed by atoms with E-state index in [0.29, 0.717) is 5.69 Å². The second-order valence-electron chi connectivity index (χ2n) is 6.71. The van der Waals surface area contributed by atoms with E-state index in [1.807, 2.05) is 18.0 Å². The Hall–Kier alpha value is -2.93. The number of nitrogens with one attached hydrogen (secondary N) is 1. The molecule has 1 N–H and O–H groups in total. The fraction of sp³-hybridized carbons (Fsp3) is 0.350. The number of aryl methyl sites for hydroxylation is 1. The number of likely N-dealkylation sites (N-methyl/N-ethyl adjacent to an activating group) is 1. The van der Waals surface area contributed by atoms with Crippen molar-refractivity contribution >= 4 is 17.3 Å². The predicted octanol–water partition coefficient (Wildman–Crippen LogP) is 3.55. The molecule has 3 rings (SSSR count). The number of ether oxygens (including phenoxy) is 1. The summed E-state index contributed by atoms with van der Waals surface area (Å²) in [5.74, 6) is 0.0796. The number of hydrogen-bond acceptors (Lipinski definition) is 5. The van der Waals surface area contributed by atoms with E-state index in [0.717, 1.165) is 19.3 Å². The first kappa shape index (κ1) is 18.8. The molecule has 142 valence electrons. The molecule has 0 saturated carbocycles. The average molecular weight is 369 g/mol. The quantitative estimate of drug-likeness (QED) is 0.622. The van der Waals surface area contributed by atoms with Gasteiger partial charge in [0.2, 0.25) is 5.91 Å². The van der Waals surface area contributed by atoms with Crippen molar-refractivity contribution in [2.75, 3.05) is 26.0 Å². The second-order valence-corrected chi connectivity index (χ2v) is 6.71. The van der Waals surface area contributed by atoms with Crippen molar-refractivity contribution in [3.8, 4) is 5.75 Å². The summed E-state index contributed by atoms with van der Waals surface area (Å²) in [4.78, 5) is 25.0. The van der Waals surface area contributed by atoms with E-state index in [1.54, 1.807) is 0 Å². The molecule has 2 aromatic rings. The zero-order valence-corrected chi connectivity index (χ0v) is 15.5. The summed E-state index contributed by atoms with van der Waals surface area (Å²) in [5.41, 5.74) is 2.97. The summed E-state index contributed by atoms with van der Waals surface area (Å²) < 4.78 is 5.17. The van der Waals surface area contributed by atoms with Crippen LogP contribution in [0, 0.1) is 10.1 Å². The number of fused-ring (bicyclic) bond motifs is 1. The fourth-order valence-electron chi connectivity index (χ4n) is 3.61. The van der Waals surface area contributed by atoms with Crippen molar-refractivity contribution in [1.82, 2.24) is 4.90 Å². The maximum atomic E-state index is 12.5. The molecule has 0 fully saturated rings. The highest BCUT2D eigenvalue weighted by Crippen LogP contribution is 2.33. The van der Waals surface area contributed by atoms with Gasteiger partial charge in [-0.1, -0.05) is 24.3 Å². The maximum absolute atomic E-state index is 12.5. The predicted molar refractivity (Wildman–Crippen MR) is 103 cm³/mol. The Morgan fingerprint density at radius 1 is 1.33 bits per heavy atom. The van der Waals surface area contributed by atoms with Crippen LogP contribution < -0.4 is 10.1 Å². The molecule has 27 heavy (non-hydrogen) atoms. The molecule has 1 aliphatic carbocycles. The van der Waals surface area contributed by atoms with Crippen molar-refractivity contribution < 1.29 is 14.5 Å². The standard InChI is InChI=1S/C20H23N3O4/c1-22(18-9-5-7-14-6-3-4-8-16(14)18)13-20(24)21-17-11-10-15(23(25)26)12-19(17)27-2/h3-4,6,8,10-12,18H,5,7,9,13H2,1-2H3,(H,21,24). The van der Waals surface area contributed by atoms with Gasteiger partial charge in [0, 0.05) is 12.1 Å². The zero-order valence-electron chi connectivity index (χ0n) is 15.5. The summed E-state index contributed by atoms with van der Waals surface area (Å²) >= 11 is 0. The minimum atomic E-state index is -0.498. The monoisotopic (exact) mass is 369 g/mol. The number of amides is 1. The van der Waals surface area contributed by atoms with Gasteiger partial charge in [0.25, 0.3) is 5.69 Å². The molecular weight excluding hydrogens is 346 g/mol. The van der Waals surface area contributed by atoms with Crippen LogP contribution in [0.4, 0.5) is 11.4 Å². The number of benzene rings is 2. The van der Waals surface area contributed by atoms with Crippen LogP contribution in [0.25, 0.3) is 0 Å². The molecule has 0 aromatic heterocycles. The van der Waals surface area contributed by atoms with E-state index < -0.39 is 4.92 Å². The van der Waals surface area contributed by atoms with Gasteiger partial charge in [0.1, 0.15) is 5.75 Å². The second kappa shape index (κ2) is 8.18. The molecule has 0 heterocycles. The lowest BCUT2D eigenvalue weighted by atomic mass is 9.87. The molecule has 1 aliphatic rings. The number of non-ortho nitro benzene ring substituents is 1. The Morgan fingerprint density at radius 3 is 2.85 bits per heavy atom. The lowest BCUT2D eigenvalue weighted by molar-refractivity contribution is -0.384. The molecule has 0 spiro atoms. The third kappa shape index (κ3) is 4.25. The van der Waals surface area contributed by atoms with E-state index in [9.17, 15) is 14.9 Å². The molecule has 1 unspecified atom stereocenters. The van der Waals surface area contributed by atoms with Crippen molar-refractivity contribution in [3.05, 3.63) is 63.7 Å². The first-order chi connectivity index (χ1) is 13.0. The number of carbonyl (C=O) groups excluding carboxylic acids is 1. The number of anilines is 1. The molecule has 1 atom stereocenters. The van der Waals surface area contributed by atoms with Crippen LogP contribution in [0.2, 0.25) is 0 Å². The lowest BCUT2D eigenvalue weighted by Crippen LogP contribution is -2.35. The molecule has 7 nitrogen and oxygen atoms in total. The Bertz CT molecular complexity index is 853. The van der Waals surface area contributed by atoms with Crippen LogP contribution in [0.1, 0.15) is 30.0 Å². The van der Waals surface area contributed by atoms with Crippen molar-refractivity contribution in [2.45, 2.75) is 25.3 Å². The van der Waals surface area contributed by atoms with Gasteiger partial charge >= 0.3 is 0 Å². The SMILES string of the molecule is COc1cc([N+](=O)[O-])ccc1NC(=O)CN(C)C1CCCc2ccccc21. The van der Waals surface area contributed by atoms with Crippen LogP contribution in [0.5, 0.6) is 5.75 Å². The molecule has 0 bridgehead atoms. The number of hydrogen-bond donors (Lipinski definition) is 1. The number of carbonyl (C=O) groups is 1. The molecule has 0 saturated heterocycles. The molecule has 2 aromatic carbocycles. The van der Waals surface area contributed by atoms with Gasteiger partial charge in [0.05, 0.1) is 30.3 Å². The number of nitro groups is 1. The van der Waals surface area contributed by atoms with Gasteiger partial charge in [-0.25, -0.2) is 0 Å². The zero-order chi connectivity index (χ0) is 19.4. The van der Waals surface area contributed by atoms with Gasteiger partial charge in [0.15, 0.2) is 0 Å². The van der Waals surface area contributed by atoms with E-state index >= 15 is 0 Å². The minimum Gasteiger partial charge on any atom is -0.494 e. The van der Waals surface area contributed by atoms with Crippen molar-refractivity contribution in [3.63, 3.8) is 0 Å². The average Bonchev–Trinajstić information content (AvgIpc) is 2.67. The molecule has 1 amide bonds. The van der Waals surface area contributed by atoms with Gasteiger partial charge in [-0.2, -0.15) is 0 Å². The summed E-state index contributed by atoms with van der Waals surface area (Å²) in [6.45, 7) is 0.221. The van der Waals surface area contributed by atoms with Crippen LogP contribution >= 0.6 is 0 Å². The Balaban J connectivity index is 1.69. The maximum Gasteiger partial charge on any atom is 0.273 e. The summed E-state index contributed by atoms with van der Waals surface area (Å²) in [5, 5.41) is 13.7.